The molecule has 1 nitrogen and oxygen atoms in total. The van der Waals surface area contributed by atoms with Gasteiger partial charge in [-0.15, -0.1) is 0 Å². The lowest BCUT2D eigenvalue weighted by molar-refractivity contribution is 1.56. The van der Waals surface area contributed by atoms with Crippen LogP contribution in [0.25, 0.3) is 6.08 Å². The molecule has 42 valence electrons. The van der Waals surface area contributed by atoms with Crippen molar-refractivity contribution >= 4 is 33.5 Å². The van der Waals surface area contributed by atoms with Crippen molar-refractivity contribution in [3.8, 4) is 0 Å². The van der Waals surface area contributed by atoms with E-state index in [1.165, 1.54) is 11.5 Å². The maximum Gasteiger partial charge on any atom is 0.0479 e. The molecule has 0 N–H and O–H groups in total. The topological polar surface area (TPSA) is 12.9 Å². The Hall–Kier alpha value is -0.150. The largest absolute Gasteiger partial charge is 0.201 e. The summed E-state index contributed by atoms with van der Waals surface area (Å²) in [6.45, 7) is 0. The zero-order valence-corrected chi connectivity index (χ0v) is 6.45. The average molecular weight is 190 g/mol. The van der Waals surface area contributed by atoms with Gasteiger partial charge in [-0.3, -0.25) is 0 Å². The smallest absolute Gasteiger partial charge is 0.0479 e. The molecule has 0 aliphatic heterocycles. The Morgan fingerprint density at radius 2 is 2.62 bits per heavy atom. The van der Waals surface area contributed by atoms with E-state index < -0.39 is 0 Å². The first-order valence-electron chi connectivity index (χ1n) is 2.09. The van der Waals surface area contributed by atoms with E-state index in [-0.39, 0.29) is 0 Å². The number of hydrogen-bond donors (Lipinski definition) is 0. The molecule has 0 saturated heterocycles. The lowest BCUT2D eigenvalue weighted by Crippen LogP contribution is -1.54. The zero-order chi connectivity index (χ0) is 5.82. The van der Waals surface area contributed by atoms with E-state index in [0.717, 1.165) is 5.56 Å². The zero-order valence-electron chi connectivity index (χ0n) is 4.04. The van der Waals surface area contributed by atoms with Crippen molar-refractivity contribution in [3.63, 3.8) is 0 Å². The minimum atomic E-state index is 1.15. The molecule has 0 atom stereocenters. The van der Waals surface area contributed by atoms with Crippen molar-refractivity contribution in [1.82, 2.24) is 4.37 Å². The summed E-state index contributed by atoms with van der Waals surface area (Å²) in [5.41, 5.74) is 1.15. The molecular formula is C5H4BrNS. The summed E-state index contributed by atoms with van der Waals surface area (Å²) in [5.74, 6) is 0. The maximum absolute atomic E-state index is 3.91. The van der Waals surface area contributed by atoms with E-state index in [1.807, 2.05) is 22.6 Å². The molecule has 0 aliphatic carbocycles. The number of aromatic nitrogens is 1. The highest BCUT2D eigenvalue weighted by Gasteiger charge is 1.82. The minimum Gasteiger partial charge on any atom is -0.201 e. The molecule has 1 aromatic heterocycles. The second kappa shape index (κ2) is 2.99. The predicted octanol–water partition coefficient (Wildman–Crippen LogP) is 2.51. The highest BCUT2D eigenvalue weighted by atomic mass is 79.9. The predicted molar refractivity (Wildman–Crippen MR) is 40.1 cm³/mol. The third-order valence-electron chi connectivity index (χ3n) is 0.707. The van der Waals surface area contributed by atoms with E-state index in [2.05, 4.69) is 20.3 Å². The molecule has 0 fully saturated rings. The first-order chi connectivity index (χ1) is 3.93. The van der Waals surface area contributed by atoms with Gasteiger partial charge in [0.15, 0.2) is 0 Å². The van der Waals surface area contributed by atoms with Crippen LogP contribution in [-0.2, 0) is 0 Å². The molecule has 0 saturated carbocycles. The Bertz CT molecular complexity index is 169. The third kappa shape index (κ3) is 1.42. The molecule has 0 radical (unpaired) electrons. The molecule has 3 heteroatoms. The van der Waals surface area contributed by atoms with Gasteiger partial charge in [-0.25, -0.2) is 4.37 Å². The minimum absolute atomic E-state index is 1.15. The summed E-state index contributed by atoms with van der Waals surface area (Å²) >= 11 is 4.62. The normalized spacial score (nSPS) is 10.6. The van der Waals surface area contributed by atoms with Crippen molar-refractivity contribution in [2.24, 2.45) is 0 Å². The van der Waals surface area contributed by atoms with Crippen LogP contribution in [0.5, 0.6) is 0 Å². The van der Waals surface area contributed by atoms with Crippen molar-refractivity contribution in [2.45, 2.75) is 0 Å². The van der Waals surface area contributed by atoms with Gasteiger partial charge in [-0.1, -0.05) is 15.9 Å². The number of rotatable bonds is 1. The second-order valence-corrected chi connectivity index (χ2v) is 2.44. The van der Waals surface area contributed by atoms with Gasteiger partial charge in [0.05, 0.1) is 0 Å². The van der Waals surface area contributed by atoms with Crippen LogP contribution in [0.15, 0.2) is 16.6 Å². The second-order valence-electron chi connectivity index (χ2n) is 1.25. The van der Waals surface area contributed by atoms with Crippen LogP contribution in [0, 0.1) is 0 Å². The van der Waals surface area contributed by atoms with Gasteiger partial charge in [0.1, 0.15) is 0 Å². The third-order valence-corrected chi connectivity index (χ3v) is 1.58. The summed E-state index contributed by atoms with van der Waals surface area (Å²) < 4.78 is 3.91. The van der Waals surface area contributed by atoms with Crippen LogP contribution in [0.3, 0.4) is 0 Å². The Labute approximate surface area is 60.3 Å². The molecule has 0 amide bonds. The molecule has 1 aromatic rings. The van der Waals surface area contributed by atoms with Crippen LogP contribution in [0.4, 0.5) is 0 Å². The fourth-order valence-electron chi connectivity index (χ4n) is 0.368. The van der Waals surface area contributed by atoms with Crippen LogP contribution in [-0.4, -0.2) is 4.37 Å². The number of halogens is 1. The fourth-order valence-corrected chi connectivity index (χ4v) is 1.18. The monoisotopic (exact) mass is 189 g/mol. The quantitative estimate of drug-likeness (QED) is 0.662. The van der Waals surface area contributed by atoms with Crippen molar-refractivity contribution in [3.05, 3.63) is 22.1 Å². The first-order valence-corrected chi connectivity index (χ1v) is 3.85. The van der Waals surface area contributed by atoms with Crippen molar-refractivity contribution in [2.75, 3.05) is 0 Å². The lowest BCUT2D eigenvalue weighted by atomic mass is 10.4. The Morgan fingerprint density at radius 3 is 3.12 bits per heavy atom. The standard InChI is InChI=1S/C5H4BrNS/c6-2-1-5-3-7-8-4-5/h1-4H/b2-1+. The molecular weight excluding hydrogens is 186 g/mol. The summed E-state index contributed by atoms with van der Waals surface area (Å²) in [7, 11) is 0. The van der Waals surface area contributed by atoms with Crippen LogP contribution in [0.1, 0.15) is 5.56 Å². The van der Waals surface area contributed by atoms with Gasteiger partial charge < -0.3 is 0 Å². The highest BCUT2D eigenvalue weighted by molar-refractivity contribution is 9.11. The number of nitrogens with zero attached hydrogens (tertiary/aromatic N) is 1. The number of hydrogen-bond acceptors (Lipinski definition) is 2. The van der Waals surface area contributed by atoms with E-state index in [9.17, 15) is 0 Å². The fraction of sp³-hybridized carbons (Fsp3) is 0. The SMILES string of the molecule is Br/C=C/c1cnsc1. The molecule has 0 aliphatic rings. The van der Waals surface area contributed by atoms with E-state index in [4.69, 9.17) is 0 Å². The lowest BCUT2D eigenvalue weighted by Gasteiger charge is -1.72. The van der Waals surface area contributed by atoms with Gasteiger partial charge >= 0.3 is 0 Å². The van der Waals surface area contributed by atoms with Crippen LogP contribution >= 0.6 is 27.5 Å². The van der Waals surface area contributed by atoms with E-state index in [0.29, 0.717) is 0 Å². The molecule has 0 spiro atoms. The Kier molecular flexibility index (Phi) is 2.24. The van der Waals surface area contributed by atoms with E-state index in [1.54, 1.807) is 0 Å². The van der Waals surface area contributed by atoms with Gasteiger partial charge in [-0.2, -0.15) is 0 Å². The molecule has 1 rings (SSSR count). The van der Waals surface area contributed by atoms with E-state index >= 15 is 0 Å². The van der Waals surface area contributed by atoms with Crippen LogP contribution in [0.2, 0.25) is 0 Å². The van der Waals surface area contributed by atoms with Gasteiger partial charge in [0.2, 0.25) is 0 Å². The van der Waals surface area contributed by atoms with Crippen LogP contribution < -0.4 is 0 Å². The van der Waals surface area contributed by atoms with Gasteiger partial charge in [0.25, 0.3) is 0 Å². The van der Waals surface area contributed by atoms with Gasteiger partial charge in [-0.05, 0) is 22.6 Å². The molecule has 8 heavy (non-hydrogen) atoms. The highest BCUT2D eigenvalue weighted by Crippen LogP contribution is 2.04. The summed E-state index contributed by atoms with van der Waals surface area (Å²) in [6, 6.07) is 0. The van der Waals surface area contributed by atoms with Gasteiger partial charge in [0, 0.05) is 17.1 Å². The summed E-state index contributed by atoms with van der Waals surface area (Å²) in [6.07, 6.45) is 3.77. The van der Waals surface area contributed by atoms with Crippen molar-refractivity contribution in [1.29, 1.82) is 0 Å². The summed E-state index contributed by atoms with van der Waals surface area (Å²) in [5, 5.41) is 1.98. The Balaban J connectivity index is 2.77. The average Bonchev–Trinajstić information content (AvgIpc) is 2.19. The Morgan fingerprint density at radius 1 is 1.75 bits per heavy atom. The molecule has 1 heterocycles. The summed E-state index contributed by atoms with van der Waals surface area (Å²) in [4.78, 5) is 1.82. The molecule has 0 unspecified atom stereocenters. The maximum atomic E-state index is 3.91. The molecule has 0 aromatic carbocycles. The molecule has 0 bridgehead atoms. The first kappa shape index (κ1) is 5.98. The van der Waals surface area contributed by atoms with Crippen molar-refractivity contribution < 1.29 is 0 Å².